The fraction of sp³-hybridized carbons (Fsp3) is 0.130. The molecule has 0 bridgehead atoms. The van der Waals surface area contributed by atoms with Crippen molar-refractivity contribution >= 4 is 35.0 Å². The van der Waals surface area contributed by atoms with Gasteiger partial charge in [-0.2, -0.15) is 0 Å². The van der Waals surface area contributed by atoms with Gasteiger partial charge in [-0.15, -0.1) is 11.8 Å². The first kappa shape index (κ1) is 19.2. The van der Waals surface area contributed by atoms with Gasteiger partial charge in [0.05, 0.1) is 11.4 Å². The zero-order valence-corrected chi connectivity index (χ0v) is 16.6. The highest BCUT2D eigenvalue weighted by atomic mass is 32.2. The summed E-state index contributed by atoms with van der Waals surface area (Å²) in [5.41, 5.74) is 3.49. The van der Waals surface area contributed by atoms with Crippen LogP contribution in [0.1, 0.15) is 26.9 Å². The van der Waals surface area contributed by atoms with E-state index in [9.17, 15) is 14.0 Å². The van der Waals surface area contributed by atoms with Gasteiger partial charge in [0, 0.05) is 11.3 Å². The van der Waals surface area contributed by atoms with Gasteiger partial charge in [0.15, 0.2) is 0 Å². The molecule has 1 aliphatic heterocycles. The minimum Gasteiger partial charge on any atom is -0.322 e. The Morgan fingerprint density at radius 2 is 1.72 bits per heavy atom. The van der Waals surface area contributed by atoms with Gasteiger partial charge in [-0.3, -0.25) is 14.5 Å². The van der Waals surface area contributed by atoms with E-state index in [2.05, 4.69) is 5.32 Å². The number of benzene rings is 3. The van der Waals surface area contributed by atoms with Crippen LogP contribution in [-0.4, -0.2) is 17.6 Å². The van der Waals surface area contributed by atoms with Gasteiger partial charge in [0.1, 0.15) is 11.2 Å². The van der Waals surface area contributed by atoms with E-state index in [0.29, 0.717) is 17.0 Å². The van der Waals surface area contributed by atoms with Gasteiger partial charge < -0.3 is 5.32 Å². The van der Waals surface area contributed by atoms with E-state index in [1.54, 1.807) is 42.5 Å². The lowest BCUT2D eigenvalue weighted by atomic mass is 10.1. The Hall–Kier alpha value is -3.12. The van der Waals surface area contributed by atoms with Gasteiger partial charge in [0.2, 0.25) is 5.91 Å². The minimum atomic E-state index is -0.421. The maximum Gasteiger partial charge on any atom is 0.255 e. The fourth-order valence-corrected chi connectivity index (χ4v) is 4.39. The van der Waals surface area contributed by atoms with Crippen LogP contribution in [0.15, 0.2) is 72.8 Å². The number of amides is 2. The van der Waals surface area contributed by atoms with E-state index >= 15 is 0 Å². The number of carbonyl (C=O) groups excluding carboxylic acids is 2. The van der Waals surface area contributed by atoms with Crippen LogP contribution in [0.4, 0.5) is 15.8 Å². The summed E-state index contributed by atoms with van der Waals surface area (Å²) in [4.78, 5) is 26.3. The number of carbonyl (C=O) groups is 2. The minimum absolute atomic E-state index is 0.123. The number of aryl methyl sites for hydroxylation is 1. The molecule has 1 saturated heterocycles. The van der Waals surface area contributed by atoms with E-state index in [1.165, 1.54) is 22.7 Å². The molecule has 1 heterocycles. The second-order valence-corrected chi connectivity index (χ2v) is 7.89. The zero-order chi connectivity index (χ0) is 20.4. The topological polar surface area (TPSA) is 49.4 Å². The highest BCUT2D eigenvalue weighted by Gasteiger charge is 2.35. The van der Waals surface area contributed by atoms with Gasteiger partial charge in [-0.25, -0.2) is 4.39 Å². The van der Waals surface area contributed by atoms with Crippen LogP contribution >= 0.6 is 11.8 Å². The van der Waals surface area contributed by atoms with Crippen LogP contribution < -0.4 is 10.2 Å². The average Bonchev–Trinajstić information content (AvgIpc) is 3.10. The largest absolute Gasteiger partial charge is 0.322 e. The molecule has 0 aliphatic carbocycles. The summed E-state index contributed by atoms with van der Waals surface area (Å²) in [6, 6.07) is 20.9. The molecule has 1 aliphatic rings. The molecular weight excluding hydrogens is 387 g/mol. The summed E-state index contributed by atoms with van der Waals surface area (Å²) in [5.74, 6) is -0.432. The monoisotopic (exact) mass is 406 g/mol. The molecule has 1 N–H and O–H groups in total. The number of hydrogen-bond acceptors (Lipinski definition) is 3. The summed E-state index contributed by atoms with van der Waals surface area (Å²) in [6.07, 6.45) is 0. The second-order valence-electron chi connectivity index (χ2n) is 6.82. The summed E-state index contributed by atoms with van der Waals surface area (Å²) < 4.78 is 14.2. The third-order valence-corrected chi connectivity index (χ3v) is 5.96. The molecule has 0 unspecified atom stereocenters. The maximum absolute atomic E-state index is 14.2. The number of nitrogens with one attached hydrogen (secondary N) is 1. The Morgan fingerprint density at radius 3 is 2.41 bits per heavy atom. The van der Waals surface area contributed by atoms with E-state index in [1.807, 2.05) is 31.2 Å². The van der Waals surface area contributed by atoms with Crippen LogP contribution in [0.5, 0.6) is 0 Å². The third-order valence-electron chi connectivity index (χ3n) is 4.75. The molecule has 0 radical (unpaired) electrons. The quantitative estimate of drug-likeness (QED) is 0.651. The Bertz CT molecular complexity index is 1050. The van der Waals surface area contributed by atoms with Crippen molar-refractivity contribution in [1.82, 2.24) is 0 Å². The number of thioether (sulfide) groups is 1. The van der Waals surface area contributed by atoms with E-state index < -0.39 is 5.82 Å². The van der Waals surface area contributed by atoms with Crippen molar-refractivity contribution in [3.8, 4) is 0 Å². The van der Waals surface area contributed by atoms with Crippen LogP contribution in [0, 0.1) is 12.7 Å². The molecular formula is C23H19FN2O2S. The molecule has 0 spiro atoms. The van der Waals surface area contributed by atoms with Gasteiger partial charge in [-0.05, 0) is 48.9 Å². The molecule has 0 aromatic heterocycles. The Kier molecular flexibility index (Phi) is 5.36. The summed E-state index contributed by atoms with van der Waals surface area (Å²) in [7, 11) is 0. The van der Waals surface area contributed by atoms with Crippen molar-refractivity contribution in [3.63, 3.8) is 0 Å². The van der Waals surface area contributed by atoms with Crippen molar-refractivity contribution in [2.24, 2.45) is 0 Å². The number of anilines is 2. The standard InChI is InChI=1S/C23H19FN2O2S/c1-15-6-8-16(9-7-15)22(28)25-18-12-10-17(11-13-18)23-26(21(27)14-29-23)20-5-3-2-4-19(20)24/h2-13,23H,14H2,1H3,(H,25,28)/t23-/m1/s1. The van der Waals surface area contributed by atoms with E-state index in [0.717, 1.165) is 11.1 Å². The Labute approximate surface area is 172 Å². The first-order valence-corrected chi connectivity index (χ1v) is 10.2. The van der Waals surface area contributed by atoms with Crippen LogP contribution in [0.3, 0.4) is 0 Å². The zero-order valence-electron chi connectivity index (χ0n) is 15.8. The average molecular weight is 406 g/mol. The number of halogens is 1. The number of hydrogen-bond donors (Lipinski definition) is 1. The van der Waals surface area contributed by atoms with Gasteiger partial charge in [-0.1, -0.05) is 42.0 Å². The van der Waals surface area contributed by atoms with Gasteiger partial charge >= 0.3 is 0 Å². The molecule has 29 heavy (non-hydrogen) atoms. The molecule has 1 fully saturated rings. The molecule has 3 aromatic carbocycles. The number of para-hydroxylation sites is 1. The number of rotatable bonds is 4. The van der Waals surface area contributed by atoms with Crippen molar-refractivity contribution in [2.75, 3.05) is 16.0 Å². The van der Waals surface area contributed by atoms with Crippen LogP contribution in [0.25, 0.3) is 0 Å². The third kappa shape index (κ3) is 4.03. The predicted octanol–water partition coefficient (Wildman–Crippen LogP) is 5.17. The van der Waals surface area contributed by atoms with Crippen molar-refractivity contribution in [2.45, 2.75) is 12.3 Å². The molecule has 3 aromatic rings. The van der Waals surface area contributed by atoms with Crippen LogP contribution in [0.2, 0.25) is 0 Å². The normalized spacial score (nSPS) is 16.1. The molecule has 146 valence electrons. The molecule has 0 saturated carbocycles. The van der Waals surface area contributed by atoms with Crippen LogP contribution in [-0.2, 0) is 4.79 Å². The SMILES string of the molecule is Cc1ccc(C(=O)Nc2ccc([C@H]3SCC(=O)N3c3ccccc3F)cc2)cc1. The maximum atomic E-state index is 14.2. The summed E-state index contributed by atoms with van der Waals surface area (Å²) in [6.45, 7) is 1.97. The second kappa shape index (κ2) is 8.09. The smallest absolute Gasteiger partial charge is 0.255 e. The first-order chi connectivity index (χ1) is 14.0. The van der Waals surface area contributed by atoms with E-state index in [4.69, 9.17) is 0 Å². The predicted molar refractivity (Wildman–Crippen MR) is 115 cm³/mol. The van der Waals surface area contributed by atoms with Crippen molar-refractivity contribution < 1.29 is 14.0 Å². The number of nitrogens with zero attached hydrogens (tertiary/aromatic N) is 1. The highest BCUT2D eigenvalue weighted by Crippen LogP contribution is 2.42. The Morgan fingerprint density at radius 1 is 1.03 bits per heavy atom. The fourth-order valence-electron chi connectivity index (χ4n) is 3.22. The molecule has 4 rings (SSSR count). The molecule has 6 heteroatoms. The molecule has 1 atom stereocenters. The van der Waals surface area contributed by atoms with Crippen molar-refractivity contribution in [1.29, 1.82) is 0 Å². The molecule has 2 amide bonds. The first-order valence-electron chi connectivity index (χ1n) is 9.19. The van der Waals surface area contributed by atoms with E-state index in [-0.39, 0.29) is 22.9 Å². The van der Waals surface area contributed by atoms with Gasteiger partial charge in [0.25, 0.3) is 5.91 Å². The summed E-state index contributed by atoms with van der Waals surface area (Å²) >= 11 is 1.46. The lowest BCUT2D eigenvalue weighted by Gasteiger charge is -2.24. The molecule has 4 nitrogen and oxygen atoms in total. The lowest BCUT2D eigenvalue weighted by molar-refractivity contribution is -0.115. The lowest BCUT2D eigenvalue weighted by Crippen LogP contribution is -2.28. The summed E-state index contributed by atoms with van der Waals surface area (Å²) in [5, 5.41) is 2.57. The Balaban J connectivity index is 1.52. The van der Waals surface area contributed by atoms with Crippen molar-refractivity contribution in [3.05, 3.63) is 95.3 Å². The highest BCUT2D eigenvalue weighted by molar-refractivity contribution is 8.00.